The van der Waals surface area contributed by atoms with Crippen molar-refractivity contribution >= 4 is 65.4 Å². The Morgan fingerprint density at radius 2 is 0.702 bits per heavy atom. The van der Waals surface area contributed by atoms with Crippen LogP contribution in [0.15, 0.2) is 212 Å². The zero-order valence-electron chi connectivity index (χ0n) is 60.6. The van der Waals surface area contributed by atoms with Gasteiger partial charge in [0.05, 0.1) is 88.3 Å². The van der Waals surface area contributed by atoms with Crippen molar-refractivity contribution in [3.8, 4) is 39.3 Å². The van der Waals surface area contributed by atoms with Gasteiger partial charge in [0, 0.05) is 38.0 Å². The summed E-state index contributed by atoms with van der Waals surface area (Å²) in [6.45, 7) is 0. The molecule has 3 heterocycles. The quantitative estimate of drug-likeness (QED) is 0.166. The molecule has 12 aromatic rings. The van der Waals surface area contributed by atoms with Crippen molar-refractivity contribution in [1.29, 1.82) is 0 Å². The van der Waals surface area contributed by atoms with Gasteiger partial charge in [-0.15, -0.1) is 0 Å². The Balaban J connectivity index is 1.36. The number of aromatic nitrogens is 3. The predicted molar refractivity (Wildman–Crippen MR) is 240 cm³/mol. The second-order valence-corrected chi connectivity index (χ2v) is 12.5. The number of para-hydroxylation sites is 4. The average Bonchev–Trinajstić information content (AvgIpc) is 1.55. The fourth-order valence-electron chi connectivity index (χ4n) is 7.20. The van der Waals surface area contributed by atoms with Crippen LogP contribution >= 0.6 is 0 Å². The maximum absolute atomic E-state index is 10.2. The molecule has 0 saturated heterocycles. The van der Waals surface area contributed by atoms with E-state index in [1.165, 1.54) is 0 Å². The van der Waals surface area contributed by atoms with Crippen molar-refractivity contribution in [2.45, 2.75) is 0 Å². The molecule has 0 amide bonds. The largest absolute Gasteiger partial charge is 0.309 e. The molecule has 0 radical (unpaired) electrons. The summed E-state index contributed by atoms with van der Waals surface area (Å²) in [5.41, 5.74) is -7.88. The molecule has 3 aromatic heterocycles. The first-order valence-electron chi connectivity index (χ1n) is 33.0. The highest BCUT2D eigenvalue weighted by Gasteiger charge is 2.21. The van der Waals surface area contributed by atoms with Crippen LogP contribution in [0.3, 0.4) is 0 Å². The van der Waals surface area contributed by atoms with E-state index in [-0.39, 0.29) is 5.56 Å². The normalized spacial score (nSPS) is 19.7. The zero-order chi connectivity index (χ0) is 65.3. The second kappa shape index (κ2) is 12.5. The average molecular weight is 758 g/mol. The number of nitrogens with zero attached hydrogens (tertiary/aromatic N) is 3. The highest BCUT2D eigenvalue weighted by molar-refractivity contribution is 6.14. The van der Waals surface area contributed by atoms with Gasteiger partial charge in [-0.25, -0.2) is 0 Å². The van der Waals surface area contributed by atoms with Crippen LogP contribution in [0.5, 0.6) is 0 Å². The van der Waals surface area contributed by atoms with E-state index in [2.05, 4.69) is 0 Å². The zero-order valence-corrected chi connectivity index (χ0v) is 28.6. The summed E-state index contributed by atoms with van der Waals surface area (Å²) in [7, 11) is 0. The van der Waals surface area contributed by atoms with Crippen LogP contribution in [0.1, 0.15) is 43.9 Å². The predicted octanol–water partition coefficient (Wildman–Crippen LogP) is 14.3. The van der Waals surface area contributed by atoms with Gasteiger partial charge in [-0.3, -0.25) is 0 Å². The Morgan fingerprint density at radius 3 is 1.28 bits per heavy atom. The molecular formula is C54H35N3. The molecule has 9 aromatic carbocycles. The smallest absolute Gasteiger partial charge is 0.0709 e. The maximum Gasteiger partial charge on any atom is 0.0709 e. The molecule has 3 nitrogen and oxygen atoms in total. The van der Waals surface area contributed by atoms with Crippen LogP contribution in [0.4, 0.5) is 0 Å². The van der Waals surface area contributed by atoms with Gasteiger partial charge < -0.3 is 13.7 Å². The van der Waals surface area contributed by atoms with Gasteiger partial charge in [0.15, 0.2) is 0 Å². The van der Waals surface area contributed by atoms with Crippen molar-refractivity contribution < 1.29 is 43.9 Å². The third-order valence-electron chi connectivity index (χ3n) is 9.55. The van der Waals surface area contributed by atoms with Crippen LogP contribution in [-0.4, -0.2) is 13.7 Å². The lowest BCUT2D eigenvalue weighted by atomic mass is 10.0. The Kier molecular flexibility index (Phi) is 2.96. The Morgan fingerprint density at radius 1 is 0.281 bits per heavy atom. The topological polar surface area (TPSA) is 14.8 Å². The summed E-state index contributed by atoms with van der Waals surface area (Å²) in [5, 5.41) is -3.38. The van der Waals surface area contributed by atoms with E-state index in [0.717, 1.165) is 31.9 Å². The first kappa shape index (κ1) is 13.5. The number of fused-ring (bicyclic) bond motifs is 9. The lowest BCUT2D eigenvalue weighted by Crippen LogP contribution is -2.04. The molecule has 0 unspecified atom stereocenters. The molecule has 0 fully saturated rings. The number of hydrogen-bond acceptors (Lipinski definition) is 0. The minimum atomic E-state index is -1.05. The fourth-order valence-corrected chi connectivity index (χ4v) is 7.20. The standard InChI is InChI=1S/C54H35N3/c1-3-15-36(16-4-1)38-27-30-51-45(33-38)43-21-9-13-25-49(43)56(51)53-31-28-39(37-17-5-2-6-18-37)34-54(53)57-50-26-14-10-22-44(50)46-35-40(29-32-52(46)57)55-47-23-11-7-19-41(47)42-20-8-12-24-48(42)55/h1-35H/i1D,2D,3D,4D,5D,6D,7D,8D,9D,10D,11D,12D,13D,14D,15D,16D,17D,18D,19D,20D,21D,22D,23D,24D,25D,26D,27D,29D,30D,32D,33D,35D. The van der Waals surface area contributed by atoms with E-state index >= 15 is 0 Å². The molecule has 0 saturated carbocycles. The van der Waals surface area contributed by atoms with Gasteiger partial charge in [-0.05, 0) is 88.8 Å². The van der Waals surface area contributed by atoms with Crippen LogP contribution in [0, 0.1) is 0 Å². The first-order valence-corrected chi connectivity index (χ1v) is 17.0. The number of benzene rings is 9. The van der Waals surface area contributed by atoms with Gasteiger partial charge >= 0.3 is 0 Å². The van der Waals surface area contributed by atoms with E-state index in [1.54, 1.807) is 0 Å². The van der Waals surface area contributed by atoms with E-state index in [0.29, 0.717) is 0 Å². The third kappa shape index (κ3) is 4.79. The molecule has 0 aliphatic carbocycles. The van der Waals surface area contributed by atoms with E-state index in [9.17, 15) is 16.4 Å². The highest BCUT2D eigenvalue weighted by Crippen LogP contribution is 2.42. The van der Waals surface area contributed by atoms with Crippen LogP contribution in [0.2, 0.25) is 0 Å². The summed E-state index contributed by atoms with van der Waals surface area (Å²) >= 11 is 0. The molecule has 0 spiro atoms. The van der Waals surface area contributed by atoms with Crippen molar-refractivity contribution in [2.75, 3.05) is 0 Å². The summed E-state index contributed by atoms with van der Waals surface area (Å²) in [6, 6.07) is -25.3. The molecule has 3 heteroatoms. The molecule has 57 heavy (non-hydrogen) atoms. The van der Waals surface area contributed by atoms with E-state index in [4.69, 9.17) is 27.4 Å². The summed E-state index contributed by atoms with van der Waals surface area (Å²) < 4.78 is 294. The Bertz CT molecular complexity index is 5270. The van der Waals surface area contributed by atoms with Gasteiger partial charge in [-0.1, -0.05) is 145 Å². The minimum absolute atomic E-state index is 0.301. The van der Waals surface area contributed by atoms with Gasteiger partial charge in [0.2, 0.25) is 0 Å². The van der Waals surface area contributed by atoms with Crippen LogP contribution < -0.4 is 0 Å². The van der Waals surface area contributed by atoms with E-state index < -0.39 is 293 Å². The Hall–Kier alpha value is -7.62. The van der Waals surface area contributed by atoms with Crippen molar-refractivity contribution in [3.05, 3.63) is 212 Å². The highest BCUT2D eigenvalue weighted by atomic mass is 15.1. The molecule has 0 atom stereocenters. The molecule has 12 rings (SSSR count). The lowest BCUT2D eigenvalue weighted by molar-refractivity contribution is 1.09. The lowest BCUT2D eigenvalue weighted by Gasteiger charge is -2.18. The van der Waals surface area contributed by atoms with E-state index in [1.807, 2.05) is 0 Å². The molecular weight excluding hydrogens is 691 g/mol. The molecule has 0 N–H and O–H groups in total. The summed E-state index contributed by atoms with van der Waals surface area (Å²) in [4.78, 5) is 0. The first-order chi connectivity index (χ1) is 41.6. The van der Waals surface area contributed by atoms with Crippen molar-refractivity contribution in [1.82, 2.24) is 13.7 Å². The van der Waals surface area contributed by atoms with Gasteiger partial charge in [-0.2, -0.15) is 0 Å². The van der Waals surface area contributed by atoms with Gasteiger partial charge in [0.1, 0.15) is 0 Å². The van der Waals surface area contributed by atoms with Gasteiger partial charge in [0.25, 0.3) is 0 Å². The number of rotatable bonds is 5. The fraction of sp³-hybridized carbons (Fsp3) is 0. The monoisotopic (exact) mass is 757 g/mol. The molecule has 0 aliphatic heterocycles. The maximum atomic E-state index is 10.2. The van der Waals surface area contributed by atoms with Crippen LogP contribution in [-0.2, 0) is 0 Å². The Labute approximate surface area is 374 Å². The SMILES string of the molecule is [2H]c1c([2H])c([2H])c(-c2ccc(-n3c4c([2H])c([2H])c([2H])c([2H])c4c4c([2H])c(-c5c([2H])c([2H])c([2H])c([2H])c5[2H])c([2H])c([2H])c43)c(-n3c4c([2H])c([2H])c([2H])c([2H])c4c4c([2H])c(-n5c6c([2H])c([2H])c([2H])c([2H])c6c6c([2H])c([2H])c([2H])c([2H])c65)c([2H])c([2H])c43)c2)c([2H])c1[2H]. The summed E-state index contributed by atoms with van der Waals surface area (Å²) in [6.07, 6.45) is 0. The van der Waals surface area contributed by atoms with Crippen molar-refractivity contribution in [2.24, 2.45) is 0 Å². The number of hydrogen-bond donors (Lipinski definition) is 0. The molecule has 266 valence electrons. The van der Waals surface area contributed by atoms with Crippen LogP contribution in [0.25, 0.3) is 105 Å². The molecule has 0 aliphatic rings. The second-order valence-electron chi connectivity index (χ2n) is 12.5. The van der Waals surface area contributed by atoms with Crippen molar-refractivity contribution in [3.63, 3.8) is 0 Å². The third-order valence-corrected chi connectivity index (χ3v) is 9.55. The molecule has 0 bridgehead atoms. The minimum Gasteiger partial charge on any atom is -0.309 e. The summed E-state index contributed by atoms with van der Waals surface area (Å²) in [5.74, 6) is 0.